The minimum absolute atomic E-state index is 0.231. The second-order valence-electron chi connectivity index (χ2n) is 5.11. The molecule has 0 heterocycles. The molecule has 0 bridgehead atoms. The Bertz CT molecular complexity index is 161. The summed E-state index contributed by atoms with van der Waals surface area (Å²) in [6.45, 7) is 11.1. The first-order chi connectivity index (χ1) is 8.74. The van der Waals surface area contributed by atoms with Gasteiger partial charge in [-0.3, -0.25) is 0 Å². The fourth-order valence-electron chi connectivity index (χ4n) is 2.14. The summed E-state index contributed by atoms with van der Waals surface area (Å²) in [4.78, 5) is 2.26. The molecule has 1 atom stereocenters. The molecule has 2 N–H and O–H groups in total. The molecular formula is C15H34N2O. The van der Waals surface area contributed by atoms with Gasteiger partial charge in [0.1, 0.15) is 0 Å². The van der Waals surface area contributed by atoms with E-state index < -0.39 is 0 Å². The van der Waals surface area contributed by atoms with E-state index in [9.17, 15) is 5.11 Å². The van der Waals surface area contributed by atoms with Crippen molar-refractivity contribution in [2.75, 3.05) is 32.7 Å². The van der Waals surface area contributed by atoms with Gasteiger partial charge in [0.25, 0.3) is 0 Å². The second-order valence-corrected chi connectivity index (χ2v) is 5.11. The van der Waals surface area contributed by atoms with Crippen LogP contribution in [0.1, 0.15) is 59.3 Å². The van der Waals surface area contributed by atoms with Crippen LogP contribution in [-0.2, 0) is 0 Å². The first-order valence-corrected chi connectivity index (χ1v) is 7.85. The number of nitrogens with one attached hydrogen (secondary N) is 1. The van der Waals surface area contributed by atoms with Crippen LogP contribution in [0.4, 0.5) is 0 Å². The molecule has 0 aliphatic heterocycles. The Balaban J connectivity index is 3.27. The van der Waals surface area contributed by atoms with Crippen LogP contribution in [0.2, 0.25) is 0 Å². The van der Waals surface area contributed by atoms with Crippen LogP contribution in [0.5, 0.6) is 0 Å². The van der Waals surface area contributed by atoms with Gasteiger partial charge < -0.3 is 15.3 Å². The Hall–Kier alpha value is -0.120. The lowest BCUT2D eigenvalue weighted by atomic mass is 10.1. The summed E-state index contributed by atoms with van der Waals surface area (Å²) in [5, 5.41) is 13.2. The molecule has 0 rings (SSSR count). The average Bonchev–Trinajstić information content (AvgIpc) is 2.39. The zero-order chi connectivity index (χ0) is 13.6. The highest BCUT2D eigenvalue weighted by molar-refractivity contribution is 4.65. The lowest BCUT2D eigenvalue weighted by Gasteiger charge is -2.22. The summed E-state index contributed by atoms with van der Waals surface area (Å²) in [6, 6.07) is 0. The van der Waals surface area contributed by atoms with E-state index in [1.54, 1.807) is 0 Å². The van der Waals surface area contributed by atoms with Crippen molar-refractivity contribution in [2.45, 2.75) is 65.4 Å². The van der Waals surface area contributed by atoms with Crippen LogP contribution in [0, 0.1) is 0 Å². The van der Waals surface area contributed by atoms with Crippen LogP contribution in [0.15, 0.2) is 0 Å². The minimum atomic E-state index is -0.231. The van der Waals surface area contributed by atoms with Gasteiger partial charge in [-0.15, -0.1) is 0 Å². The maximum Gasteiger partial charge on any atom is 0.0791 e. The van der Waals surface area contributed by atoms with Gasteiger partial charge >= 0.3 is 0 Å². The lowest BCUT2D eigenvalue weighted by Crippen LogP contribution is -2.38. The molecule has 0 saturated carbocycles. The highest BCUT2D eigenvalue weighted by Crippen LogP contribution is 2.04. The summed E-state index contributed by atoms with van der Waals surface area (Å²) in [5.74, 6) is 0. The number of hydrogen-bond acceptors (Lipinski definition) is 3. The van der Waals surface area contributed by atoms with Crippen molar-refractivity contribution in [3.63, 3.8) is 0 Å². The lowest BCUT2D eigenvalue weighted by molar-refractivity contribution is 0.117. The van der Waals surface area contributed by atoms with Crippen molar-refractivity contribution >= 4 is 0 Å². The second kappa shape index (κ2) is 13.3. The zero-order valence-corrected chi connectivity index (χ0v) is 12.7. The van der Waals surface area contributed by atoms with Gasteiger partial charge in [0.15, 0.2) is 0 Å². The zero-order valence-electron chi connectivity index (χ0n) is 12.7. The van der Waals surface area contributed by atoms with E-state index in [-0.39, 0.29) is 6.10 Å². The number of aliphatic hydroxyl groups is 1. The number of rotatable bonds is 13. The highest BCUT2D eigenvalue weighted by atomic mass is 16.3. The molecule has 0 aromatic carbocycles. The first-order valence-electron chi connectivity index (χ1n) is 7.85. The SMILES string of the molecule is CCCCCCCCNCC(O)CN(CC)CC. The number of likely N-dealkylation sites (N-methyl/N-ethyl adjacent to an activating group) is 1. The van der Waals surface area contributed by atoms with Crippen LogP contribution in [0.3, 0.4) is 0 Å². The molecule has 0 spiro atoms. The van der Waals surface area contributed by atoms with Crippen molar-refractivity contribution in [3.8, 4) is 0 Å². The predicted molar refractivity (Wildman–Crippen MR) is 80.0 cm³/mol. The Morgan fingerprint density at radius 1 is 0.944 bits per heavy atom. The molecule has 1 unspecified atom stereocenters. The predicted octanol–water partition coefficient (Wildman–Crippen LogP) is 2.64. The monoisotopic (exact) mass is 258 g/mol. The molecular weight excluding hydrogens is 224 g/mol. The summed E-state index contributed by atoms with van der Waals surface area (Å²) < 4.78 is 0. The van der Waals surface area contributed by atoms with Crippen molar-refractivity contribution < 1.29 is 5.11 Å². The van der Waals surface area contributed by atoms with Crippen LogP contribution < -0.4 is 5.32 Å². The molecule has 0 amide bonds. The van der Waals surface area contributed by atoms with Crippen molar-refractivity contribution in [2.24, 2.45) is 0 Å². The normalized spacial score (nSPS) is 13.2. The standard InChI is InChI=1S/C15H34N2O/c1-4-7-8-9-10-11-12-16-13-15(18)14-17(5-2)6-3/h15-16,18H,4-14H2,1-3H3. The van der Waals surface area contributed by atoms with E-state index in [1.807, 2.05) is 0 Å². The maximum atomic E-state index is 9.85. The minimum Gasteiger partial charge on any atom is -0.390 e. The summed E-state index contributed by atoms with van der Waals surface area (Å²) in [6.07, 6.45) is 7.75. The largest absolute Gasteiger partial charge is 0.390 e. The van der Waals surface area contributed by atoms with E-state index in [0.717, 1.165) is 32.7 Å². The summed E-state index contributed by atoms with van der Waals surface area (Å²) >= 11 is 0. The third-order valence-electron chi connectivity index (χ3n) is 3.45. The third-order valence-corrected chi connectivity index (χ3v) is 3.45. The molecule has 0 aromatic heterocycles. The molecule has 3 heteroatoms. The van der Waals surface area contributed by atoms with E-state index in [1.165, 1.54) is 38.5 Å². The topological polar surface area (TPSA) is 35.5 Å². The van der Waals surface area contributed by atoms with Gasteiger partial charge in [-0.2, -0.15) is 0 Å². The van der Waals surface area contributed by atoms with Gasteiger partial charge in [-0.05, 0) is 26.1 Å². The Morgan fingerprint density at radius 3 is 2.17 bits per heavy atom. The summed E-state index contributed by atoms with van der Waals surface area (Å²) in [7, 11) is 0. The van der Waals surface area contributed by atoms with Crippen LogP contribution >= 0.6 is 0 Å². The van der Waals surface area contributed by atoms with Crippen LogP contribution in [-0.4, -0.2) is 48.8 Å². The molecule has 0 saturated heterocycles. The van der Waals surface area contributed by atoms with E-state index >= 15 is 0 Å². The maximum absolute atomic E-state index is 9.85. The molecule has 0 aliphatic rings. The van der Waals surface area contributed by atoms with Gasteiger partial charge in [-0.1, -0.05) is 52.9 Å². The highest BCUT2D eigenvalue weighted by Gasteiger charge is 2.07. The molecule has 0 aromatic rings. The Morgan fingerprint density at radius 2 is 1.56 bits per heavy atom. The van der Waals surface area contributed by atoms with E-state index in [4.69, 9.17) is 0 Å². The third kappa shape index (κ3) is 11.0. The molecule has 3 nitrogen and oxygen atoms in total. The van der Waals surface area contributed by atoms with Crippen molar-refractivity contribution in [1.29, 1.82) is 0 Å². The van der Waals surface area contributed by atoms with Gasteiger partial charge in [-0.25, -0.2) is 0 Å². The van der Waals surface area contributed by atoms with E-state index in [0.29, 0.717) is 0 Å². The Labute approximate surface area is 114 Å². The summed E-state index contributed by atoms with van der Waals surface area (Å²) in [5.41, 5.74) is 0. The molecule has 0 radical (unpaired) electrons. The molecule has 0 fully saturated rings. The fourth-order valence-corrected chi connectivity index (χ4v) is 2.14. The van der Waals surface area contributed by atoms with Gasteiger partial charge in [0.2, 0.25) is 0 Å². The van der Waals surface area contributed by atoms with Crippen molar-refractivity contribution in [1.82, 2.24) is 10.2 Å². The number of hydrogen-bond donors (Lipinski definition) is 2. The smallest absolute Gasteiger partial charge is 0.0791 e. The van der Waals surface area contributed by atoms with E-state index in [2.05, 4.69) is 31.0 Å². The van der Waals surface area contributed by atoms with Crippen LogP contribution in [0.25, 0.3) is 0 Å². The average molecular weight is 258 g/mol. The molecule has 18 heavy (non-hydrogen) atoms. The molecule has 110 valence electrons. The van der Waals surface area contributed by atoms with Gasteiger partial charge in [0, 0.05) is 13.1 Å². The fraction of sp³-hybridized carbons (Fsp3) is 1.00. The molecule has 0 aliphatic carbocycles. The number of aliphatic hydroxyl groups excluding tert-OH is 1. The quantitative estimate of drug-likeness (QED) is 0.499. The number of nitrogens with zero attached hydrogens (tertiary/aromatic N) is 1. The number of unbranched alkanes of at least 4 members (excludes halogenated alkanes) is 5. The first kappa shape index (κ1) is 17.9. The van der Waals surface area contributed by atoms with Gasteiger partial charge in [0.05, 0.1) is 6.10 Å². The van der Waals surface area contributed by atoms with Crippen molar-refractivity contribution in [3.05, 3.63) is 0 Å². The Kier molecular flexibility index (Phi) is 13.2.